The molecule has 0 radical (unpaired) electrons. The van der Waals surface area contributed by atoms with Gasteiger partial charge in [-0.15, -0.1) is 12.4 Å². The van der Waals surface area contributed by atoms with Crippen molar-refractivity contribution < 1.29 is 18.7 Å². The zero-order chi connectivity index (χ0) is 20.4. The van der Waals surface area contributed by atoms with E-state index in [1.165, 1.54) is 0 Å². The zero-order valence-corrected chi connectivity index (χ0v) is 17.6. The second-order valence-electron chi connectivity index (χ2n) is 7.50. The lowest BCUT2D eigenvalue weighted by atomic mass is 9.99. The van der Waals surface area contributed by atoms with Crippen LogP contribution in [0.1, 0.15) is 23.1 Å². The van der Waals surface area contributed by atoms with Crippen LogP contribution in [-0.2, 0) is 29.1 Å². The number of hydrogen-bond donors (Lipinski definition) is 2. The highest BCUT2D eigenvalue weighted by atomic mass is 35.5. The van der Waals surface area contributed by atoms with Crippen LogP contribution in [0.3, 0.4) is 0 Å². The molecule has 2 aliphatic heterocycles. The number of nitrogens with zero attached hydrogens (tertiary/aromatic N) is 1. The van der Waals surface area contributed by atoms with Crippen molar-refractivity contribution in [2.45, 2.75) is 25.9 Å². The lowest BCUT2D eigenvalue weighted by Gasteiger charge is -2.20. The van der Waals surface area contributed by atoms with Crippen LogP contribution in [0, 0.1) is 11.7 Å². The summed E-state index contributed by atoms with van der Waals surface area (Å²) in [5.41, 5.74) is 2.74. The predicted octanol–water partition coefficient (Wildman–Crippen LogP) is 2.89. The van der Waals surface area contributed by atoms with E-state index in [1.807, 2.05) is 30.3 Å². The topological polar surface area (TPSA) is 70.7 Å². The highest BCUT2D eigenvalue weighted by molar-refractivity contribution is 5.97. The van der Waals surface area contributed by atoms with Crippen LogP contribution in [-0.4, -0.2) is 36.9 Å². The standard InChI is InChI=1S/C22H24FN3O3.ClH/c1-29-17-5-2-14(3-6-17)12-26-13-16(10-20(26)27)22(28)25-19-7-4-15-11-24-9-8-18(15)21(19)23;/h2-7,16,24H,8-13H2,1H3,(H,25,28);1H. The first-order chi connectivity index (χ1) is 14.0. The number of fused-ring (bicyclic) bond motifs is 1. The summed E-state index contributed by atoms with van der Waals surface area (Å²) in [6, 6.07) is 10.9. The molecular weight excluding hydrogens is 409 g/mol. The molecule has 2 amide bonds. The van der Waals surface area contributed by atoms with Crippen LogP contribution in [0.25, 0.3) is 0 Å². The van der Waals surface area contributed by atoms with Gasteiger partial charge in [0.1, 0.15) is 11.6 Å². The quantitative estimate of drug-likeness (QED) is 0.760. The number of ether oxygens (including phenoxy) is 1. The number of anilines is 1. The van der Waals surface area contributed by atoms with Crippen LogP contribution in [0.5, 0.6) is 5.75 Å². The maximum atomic E-state index is 14.8. The minimum atomic E-state index is -0.488. The SMILES string of the molecule is COc1ccc(CN2CC(C(=O)Nc3ccc4c(c3F)CCNC4)CC2=O)cc1.Cl. The third-order valence-electron chi connectivity index (χ3n) is 5.58. The second kappa shape index (κ2) is 9.45. The molecule has 0 aromatic heterocycles. The molecule has 1 fully saturated rings. The molecule has 0 bridgehead atoms. The molecule has 2 aliphatic rings. The number of rotatable bonds is 5. The third-order valence-corrected chi connectivity index (χ3v) is 5.58. The molecule has 4 rings (SSSR count). The Morgan fingerprint density at radius 3 is 2.77 bits per heavy atom. The van der Waals surface area contributed by atoms with E-state index in [-0.39, 0.29) is 42.1 Å². The minimum absolute atomic E-state index is 0. The van der Waals surface area contributed by atoms with Crippen molar-refractivity contribution in [3.8, 4) is 5.75 Å². The van der Waals surface area contributed by atoms with Crippen LogP contribution in [0.2, 0.25) is 0 Å². The molecule has 0 saturated carbocycles. The number of hydrogen-bond acceptors (Lipinski definition) is 4. The number of likely N-dealkylation sites (tertiary alicyclic amines) is 1. The molecule has 160 valence electrons. The summed E-state index contributed by atoms with van der Waals surface area (Å²) in [5.74, 6) is -0.488. The van der Waals surface area contributed by atoms with Gasteiger partial charge in [0.15, 0.2) is 0 Å². The summed E-state index contributed by atoms with van der Waals surface area (Å²) < 4.78 is 19.9. The second-order valence-corrected chi connectivity index (χ2v) is 7.50. The molecule has 2 heterocycles. The average molecular weight is 434 g/mol. The molecular formula is C22H25ClFN3O3. The predicted molar refractivity (Wildman–Crippen MR) is 114 cm³/mol. The van der Waals surface area contributed by atoms with Crippen LogP contribution in [0.15, 0.2) is 36.4 Å². The number of carbonyl (C=O) groups is 2. The average Bonchev–Trinajstić information content (AvgIpc) is 3.11. The fraction of sp³-hybridized carbons (Fsp3) is 0.364. The van der Waals surface area contributed by atoms with Crippen molar-refractivity contribution in [3.05, 3.63) is 58.9 Å². The van der Waals surface area contributed by atoms with E-state index in [1.54, 1.807) is 18.1 Å². The fourth-order valence-electron chi connectivity index (χ4n) is 3.92. The van der Waals surface area contributed by atoms with E-state index < -0.39 is 5.92 Å². The van der Waals surface area contributed by atoms with Gasteiger partial charge in [0.05, 0.1) is 18.7 Å². The van der Waals surface area contributed by atoms with E-state index in [9.17, 15) is 14.0 Å². The summed E-state index contributed by atoms with van der Waals surface area (Å²) in [6.07, 6.45) is 0.737. The number of amides is 2. The molecule has 2 aromatic carbocycles. The first-order valence-electron chi connectivity index (χ1n) is 9.77. The summed E-state index contributed by atoms with van der Waals surface area (Å²) in [6.45, 7) is 2.12. The summed E-state index contributed by atoms with van der Waals surface area (Å²) >= 11 is 0. The van der Waals surface area contributed by atoms with Crippen molar-refractivity contribution in [3.63, 3.8) is 0 Å². The van der Waals surface area contributed by atoms with Gasteiger partial charge in [-0.25, -0.2) is 4.39 Å². The largest absolute Gasteiger partial charge is 0.497 e. The fourth-order valence-corrected chi connectivity index (χ4v) is 3.92. The van der Waals surface area contributed by atoms with Gasteiger partial charge in [-0.1, -0.05) is 18.2 Å². The Morgan fingerprint density at radius 1 is 1.27 bits per heavy atom. The minimum Gasteiger partial charge on any atom is -0.497 e. The van der Waals surface area contributed by atoms with Gasteiger partial charge in [-0.2, -0.15) is 0 Å². The molecule has 2 aromatic rings. The molecule has 1 atom stereocenters. The Hall–Kier alpha value is -2.64. The van der Waals surface area contributed by atoms with Gasteiger partial charge in [0, 0.05) is 26.1 Å². The molecule has 1 saturated heterocycles. The molecule has 6 nitrogen and oxygen atoms in total. The van der Waals surface area contributed by atoms with E-state index in [2.05, 4.69) is 10.6 Å². The first kappa shape index (κ1) is 22.1. The molecule has 2 N–H and O–H groups in total. The lowest BCUT2D eigenvalue weighted by Crippen LogP contribution is -2.29. The number of methoxy groups -OCH3 is 1. The van der Waals surface area contributed by atoms with Crippen molar-refractivity contribution in [1.82, 2.24) is 10.2 Å². The molecule has 0 spiro atoms. The Labute approximate surface area is 181 Å². The van der Waals surface area contributed by atoms with Gasteiger partial charge < -0.3 is 20.3 Å². The van der Waals surface area contributed by atoms with Gasteiger partial charge in [0.25, 0.3) is 0 Å². The van der Waals surface area contributed by atoms with Crippen molar-refractivity contribution in [2.75, 3.05) is 25.5 Å². The molecule has 0 aliphatic carbocycles. The van der Waals surface area contributed by atoms with E-state index in [0.29, 0.717) is 31.6 Å². The number of halogens is 2. The van der Waals surface area contributed by atoms with Gasteiger partial charge in [-0.3, -0.25) is 9.59 Å². The number of carbonyl (C=O) groups excluding carboxylic acids is 2. The van der Waals surface area contributed by atoms with Crippen LogP contribution >= 0.6 is 12.4 Å². The Kier molecular flexibility index (Phi) is 6.95. The van der Waals surface area contributed by atoms with Gasteiger partial charge >= 0.3 is 0 Å². The summed E-state index contributed by atoms with van der Waals surface area (Å²) in [7, 11) is 1.60. The van der Waals surface area contributed by atoms with E-state index in [4.69, 9.17) is 4.74 Å². The lowest BCUT2D eigenvalue weighted by molar-refractivity contribution is -0.128. The Bertz CT molecular complexity index is 936. The first-order valence-corrected chi connectivity index (χ1v) is 9.77. The summed E-state index contributed by atoms with van der Waals surface area (Å²) in [5, 5.41) is 5.90. The smallest absolute Gasteiger partial charge is 0.229 e. The van der Waals surface area contributed by atoms with Crippen LogP contribution < -0.4 is 15.4 Å². The number of benzene rings is 2. The highest BCUT2D eigenvalue weighted by Gasteiger charge is 2.34. The highest BCUT2D eigenvalue weighted by Crippen LogP contribution is 2.27. The van der Waals surface area contributed by atoms with Gasteiger partial charge in [-0.05, 0) is 47.9 Å². The number of nitrogens with one attached hydrogen (secondary N) is 2. The normalized spacial score (nSPS) is 17.9. The maximum Gasteiger partial charge on any atom is 0.229 e. The van der Waals surface area contributed by atoms with Crippen LogP contribution in [0.4, 0.5) is 10.1 Å². The molecule has 8 heteroatoms. The Balaban J connectivity index is 0.00000256. The van der Waals surface area contributed by atoms with Crippen molar-refractivity contribution in [2.24, 2.45) is 5.92 Å². The zero-order valence-electron chi connectivity index (χ0n) is 16.7. The van der Waals surface area contributed by atoms with E-state index >= 15 is 0 Å². The molecule has 1 unspecified atom stereocenters. The summed E-state index contributed by atoms with van der Waals surface area (Å²) in [4.78, 5) is 26.7. The monoisotopic (exact) mass is 433 g/mol. The Morgan fingerprint density at radius 2 is 2.03 bits per heavy atom. The van der Waals surface area contributed by atoms with E-state index in [0.717, 1.165) is 23.4 Å². The maximum absolute atomic E-state index is 14.8. The van der Waals surface area contributed by atoms with Crippen molar-refractivity contribution in [1.29, 1.82) is 0 Å². The van der Waals surface area contributed by atoms with Crippen molar-refractivity contribution >= 4 is 29.9 Å². The van der Waals surface area contributed by atoms with Gasteiger partial charge in [0.2, 0.25) is 11.8 Å². The third kappa shape index (κ3) is 4.57. The molecule has 30 heavy (non-hydrogen) atoms.